The van der Waals surface area contributed by atoms with Crippen molar-refractivity contribution in [2.24, 2.45) is 11.8 Å². The minimum absolute atomic E-state index is 0.288. The van der Waals surface area contributed by atoms with Crippen LogP contribution in [0.1, 0.15) is 33.1 Å². The highest BCUT2D eigenvalue weighted by atomic mass is 29.2. The highest BCUT2D eigenvalue weighted by molar-refractivity contribution is 6.98. The first-order valence-corrected chi connectivity index (χ1v) is 18.5. The van der Waals surface area contributed by atoms with Gasteiger partial charge in [0.25, 0.3) is 0 Å². The van der Waals surface area contributed by atoms with Gasteiger partial charge in [-0.05, 0) is 24.7 Å². The van der Waals surface area contributed by atoms with E-state index in [1.165, 1.54) is 38.8 Å². The van der Waals surface area contributed by atoms with Gasteiger partial charge in [0.2, 0.25) is 0 Å². The Bertz CT molecular complexity index is 141. The standard InChI is InChI=1S/C8H25NSi4/c1-6-4-3-5-7(2)8(6)9(12-10)13-11/h6-8H,3-5,12-13H2,1-2,10-11H3. The molecule has 1 aliphatic rings. The van der Waals surface area contributed by atoms with Crippen LogP contribution in [-0.2, 0) is 0 Å². The molecule has 1 rings (SSSR count). The zero-order valence-electron chi connectivity index (χ0n) is 9.71. The van der Waals surface area contributed by atoms with Crippen molar-refractivity contribution in [2.45, 2.75) is 39.2 Å². The summed E-state index contributed by atoms with van der Waals surface area (Å²) in [6.45, 7) is 5.01. The molecule has 2 atom stereocenters. The molecular formula is C8H25NSi4. The van der Waals surface area contributed by atoms with E-state index in [1.807, 2.05) is 0 Å². The maximum atomic E-state index is 3.05. The third-order valence-electron chi connectivity index (χ3n) is 3.72. The first kappa shape index (κ1) is 11.9. The molecule has 13 heavy (non-hydrogen) atoms. The lowest BCUT2D eigenvalue weighted by Crippen LogP contribution is -2.50. The van der Waals surface area contributed by atoms with E-state index in [9.17, 15) is 0 Å². The van der Waals surface area contributed by atoms with Crippen LogP contribution in [0.4, 0.5) is 0 Å². The second kappa shape index (κ2) is 5.65. The molecule has 0 aromatic carbocycles. The van der Waals surface area contributed by atoms with Crippen molar-refractivity contribution < 1.29 is 0 Å². The number of hydrogen-bond acceptors (Lipinski definition) is 1. The van der Waals surface area contributed by atoms with Gasteiger partial charge < -0.3 is 4.23 Å². The second-order valence-electron chi connectivity index (χ2n) is 4.60. The molecule has 0 aliphatic heterocycles. The molecular weight excluding hydrogens is 222 g/mol. The van der Waals surface area contributed by atoms with E-state index < -0.39 is 0 Å². The predicted octanol–water partition coefficient (Wildman–Crippen LogP) is -2.16. The monoisotopic (exact) mass is 247 g/mol. The van der Waals surface area contributed by atoms with Gasteiger partial charge in [-0.25, -0.2) is 0 Å². The van der Waals surface area contributed by atoms with Crippen LogP contribution >= 0.6 is 0 Å². The molecule has 0 heterocycles. The van der Waals surface area contributed by atoms with Crippen molar-refractivity contribution in [3.8, 4) is 0 Å². The van der Waals surface area contributed by atoms with E-state index >= 15 is 0 Å². The van der Waals surface area contributed by atoms with E-state index in [2.05, 4.69) is 18.1 Å². The molecule has 0 N–H and O–H groups in total. The van der Waals surface area contributed by atoms with Crippen molar-refractivity contribution in [3.63, 3.8) is 0 Å². The number of rotatable bonds is 3. The number of hydrogen-bond donors (Lipinski definition) is 0. The summed E-state index contributed by atoms with van der Waals surface area (Å²) >= 11 is 0. The maximum absolute atomic E-state index is 3.05. The summed E-state index contributed by atoms with van der Waals surface area (Å²) in [5.41, 5.74) is 0. The third kappa shape index (κ3) is 2.89. The molecule has 0 spiro atoms. The van der Waals surface area contributed by atoms with Gasteiger partial charge in [0.15, 0.2) is 0 Å². The van der Waals surface area contributed by atoms with E-state index in [1.54, 1.807) is 0 Å². The molecule has 0 bridgehead atoms. The van der Waals surface area contributed by atoms with Crippen molar-refractivity contribution in [2.75, 3.05) is 0 Å². The summed E-state index contributed by atoms with van der Waals surface area (Å²) in [5.74, 6) is 2.04. The molecule has 2 unspecified atom stereocenters. The van der Waals surface area contributed by atoms with E-state index in [4.69, 9.17) is 0 Å². The van der Waals surface area contributed by atoms with Crippen molar-refractivity contribution in [1.29, 1.82) is 0 Å². The molecule has 1 fully saturated rings. The highest BCUT2D eigenvalue weighted by Crippen LogP contribution is 2.31. The van der Waals surface area contributed by atoms with Gasteiger partial charge in [0, 0.05) is 25.6 Å². The van der Waals surface area contributed by atoms with Crippen LogP contribution in [0, 0.1) is 11.8 Å². The van der Waals surface area contributed by atoms with Gasteiger partial charge in [-0.3, -0.25) is 0 Å². The summed E-state index contributed by atoms with van der Waals surface area (Å²) in [4.78, 5) is 0. The van der Waals surface area contributed by atoms with E-state index in [-0.39, 0.29) is 18.4 Å². The normalized spacial score (nSPS) is 37.6. The van der Waals surface area contributed by atoms with Crippen LogP contribution in [0.5, 0.6) is 0 Å². The lowest BCUT2D eigenvalue weighted by atomic mass is 9.79. The summed E-state index contributed by atoms with van der Waals surface area (Å²) in [5, 5.41) is 0. The van der Waals surface area contributed by atoms with Gasteiger partial charge in [-0.2, -0.15) is 0 Å². The topological polar surface area (TPSA) is 3.24 Å². The Morgan fingerprint density at radius 2 is 1.54 bits per heavy atom. The average molecular weight is 248 g/mol. The summed E-state index contributed by atoms with van der Waals surface area (Å²) < 4.78 is 3.05. The summed E-state index contributed by atoms with van der Waals surface area (Å²) in [6.07, 6.45) is 4.52. The Labute approximate surface area is 93.3 Å². The smallest absolute Gasteiger partial charge is 0.0674 e. The van der Waals surface area contributed by atoms with Gasteiger partial charge in [-0.15, -0.1) is 0 Å². The fourth-order valence-electron chi connectivity index (χ4n) is 3.03. The molecule has 1 saturated carbocycles. The molecule has 0 aromatic heterocycles. The molecule has 1 nitrogen and oxygen atoms in total. The van der Waals surface area contributed by atoms with Crippen LogP contribution in [0.15, 0.2) is 0 Å². The molecule has 0 radical (unpaired) electrons. The Morgan fingerprint density at radius 1 is 1.08 bits per heavy atom. The molecule has 5 heteroatoms. The van der Waals surface area contributed by atoms with Gasteiger partial charge in [0.05, 0.1) is 18.4 Å². The largest absolute Gasteiger partial charge is 0.357 e. The fourth-order valence-corrected chi connectivity index (χ4v) is 25.7. The molecule has 1 aliphatic carbocycles. The van der Waals surface area contributed by atoms with Crippen LogP contribution in [0.3, 0.4) is 0 Å². The zero-order chi connectivity index (χ0) is 9.84. The lowest BCUT2D eigenvalue weighted by molar-refractivity contribution is 0.185. The molecule has 0 amide bonds. The van der Waals surface area contributed by atoms with Crippen LogP contribution in [0.2, 0.25) is 0 Å². The van der Waals surface area contributed by atoms with Crippen molar-refractivity contribution >= 4 is 37.9 Å². The minimum atomic E-state index is 0.288. The quantitative estimate of drug-likeness (QED) is 0.514. The van der Waals surface area contributed by atoms with Gasteiger partial charge in [-0.1, -0.05) is 20.3 Å². The molecule has 0 aromatic rings. The van der Waals surface area contributed by atoms with Crippen LogP contribution in [0.25, 0.3) is 0 Å². The summed E-state index contributed by atoms with van der Waals surface area (Å²) in [6, 6.07) is 1.04. The molecule has 0 saturated heterocycles. The Kier molecular flexibility index (Phi) is 5.17. The minimum Gasteiger partial charge on any atom is -0.357 e. The van der Waals surface area contributed by atoms with Gasteiger partial charge in [0.1, 0.15) is 0 Å². The van der Waals surface area contributed by atoms with Crippen LogP contribution < -0.4 is 0 Å². The van der Waals surface area contributed by atoms with Crippen LogP contribution in [-0.4, -0.2) is 48.2 Å². The van der Waals surface area contributed by atoms with Crippen molar-refractivity contribution in [3.05, 3.63) is 0 Å². The lowest BCUT2D eigenvalue weighted by Gasteiger charge is -2.42. The Hall–Kier alpha value is 0.828. The highest BCUT2D eigenvalue weighted by Gasteiger charge is 2.30. The average Bonchev–Trinajstić information content (AvgIpc) is 2.11. The third-order valence-corrected chi connectivity index (χ3v) is 19.1. The maximum Gasteiger partial charge on any atom is 0.0674 e. The SMILES string of the molecule is CC1CCCC(C)C1N([SiH2][SiH3])[SiH2][SiH3]. The molecule has 78 valence electrons. The Balaban J connectivity index is 2.60. The van der Waals surface area contributed by atoms with Gasteiger partial charge >= 0.3 is 0 Å². The Morgan fingerprint density at radius 3 is 1.92 bits per heavy atom. The van der Waals surface area contributed by atoms with E-state index in [0.29, 0.717) is 0 Å². The summed E-state index contributed by atoms with van der Waals surface area (Å²) in [7, 11) is 3.62. The first-order valence-electron chi connectivity index (χ1n) is 5.94. The first-order chi connectivity index (χ1) is 6.20. The second-order valence-corrected chi connectivity index (χ2v) is 12.2. The number of nitrogens with zero attached hydrogens (tertiary/aromatic N) is 1. The van der Waals surface area contributed by atoms with E-state index in [0.717, 1.165) is 17.9 Å². The van der Waals surface area contributed by atoms with Crippen molar-refractivity contribution in [1.82, 2.24) is 4.23 Å². The zero-order valence-corrected chi connectivity index (χ0v) is 16.5. The predicted molar refractivity (Wildman–Crippen MR) is 74.8 cm³/mol. The fraction of sp³-hybridized carbons (Fsp3) is 1.00.